The maximum absolute atomic E-state index is 9.31. The molecule has 0 saturated carbocycles. The van der Waals surface area contributed by atoms with Crippen LogP contribution in [0.3, 0.4) is 0 Å². The molecule has 0 atom stereocenters. The molecule has 0 aliphatic rings. The summed E-state index contributed by atoms with van der Waals surface area (Å²) in [5.74, 6) is 0. The van der Waals surface area contributed by atoms with Gasteiger partial charge in [-0.3, -0.25) is 14.7 Å². The highest BCUT2D eigenvalue weighted by molar-refractivity contribution is 6.60. The van der Waals surface area contributed by atoms with Crippen LogP contribution in [0.1, 0.15) is 5.56 Å². The van der Waals surface area contributed by atoms with Gasteiger partial charge >= 0.3 is 7.12 Å². The molecule has 1 aromatic heterocycles. The summed E-state index contributed by atoms with van der Waals surface area (Å²) in [6, 6.07) is 1.79. The average molecular weight is 167 g/mol. The fraction of sp³-hybridized carbons (Fsp3) is 0.286. The third kappa shape index (κ3) is 2.04. The van der Waals surface area contributed by atoms with Crippen LogP contribution in [-0.4, -0.2) is 24.2 Å². The first kappa shape index (κ1) is 9.19. The molecule has 0 radical (unpaired) electrons. The topological polar surface area (TPSA) is 51.6 Å². The van der Waals surface area contributed by atoms with Gasteiger partial charge in [0, 0.05) is 17.9 Å². The molecule has 0 amide bonds. The molecule has 1 heterocycles. The normalized spacial score (nSPS) is 9.92. The predicted octanol–water partition coefficient (Wildman–Crippen LogP) is -0.344. The van der Waals surface area contributed by atoms with Crippen molar-refractivity contribution >= 4 is 12.6 Å². The molecular formula is C7H10BNO3. The summed E-state index contributed by atoms with van der Waals surface area (Å²) in [6.07, 6.45) is 3.19. The first-order chi connectivity index (χ1) is 5.75. The smallest absolute Gasteiger partial charge is 0.422 e. The molecule has 0 fully saturated rings. The van der Waals surface area contributed by atoms with Gasteiger partial charge in [-0.15, -0.1) is 0 Å². The van der Waals surface area contributed by atoms with Crippen molar-refractivity contribution in [1.82, 2.24) is 4.98 Å². The summed E-state index contributed by atoms with van der Waals surface area (Å²) in [5.41, 5.74) is 1.52. The zero-order valence-corrected chi connectivity index (χ0v) is 7.02. The third-order valence-electron chi connectivity index (χ3n) is 1.53. The van der Waals surface area contributed by atoms with Crippen LogP contribution < -0.4 is 5.46 Å². The lowest BCUT2D eigenvalue weighted by Crippen LogP contribution is -2.35. The van der Waals surface area contributed by atoms with Crippen LogP contribution >= 0.6 is 0 Å². The number of pyridine rings is 1. The Hall–Kier alpha value is -0.905. The Labute approximate surface area is 71.2 Å². The van der Waals surface area contributed by atoms with Gasteiger partial charge in [-0.25, -0.2) is 0 Å². The van der Waals surface area contributed by atoms with Crippen LogP contribution in [-0.2, 0) is 9.69 Å². The van der Waals surface area contributed by atoms with Crippen molar-refractivity contribution in [2.45, 2.75) is 6.92 Å². The monoisotopic (exact) mass is 167 g/mol. The van der Waals surface area contributed by atoms with E-state index < -0.39 is 7.12 Å². The summed E-state index contributed by atoms with van der Waals surface area (Å²) in [5, 5.41) is 9.31. The molecule has 0 aliphatic carbocycles. The van der Waals surface area contributed by atoms with Gasteiger partial charge in [0.25, 0.3) is 0 Å². The van der Waals surface area contributed by atoms with Gasteiger partial charge < -0.3 is 5.02 Å². The molecule has 0 bridgehead atoms. The molecule has 0 aromatic carbocycles. The number of hydrogen-bond donors (Lipinski definition) is 1. The van der Waals surface area contributed by atoms with Crippen LogP contribution in [0.5, 0.6) is 0 Å². The van der Waals surface area contributed by atoms with Gasteiger partial charge in [-0.1, -0.05) is 0 Å². The van der Waals surface area contributed by atoms with Gasteiger partial charge in [0.2, 0.25) is 0 Å². The molecule has 0 spiro atoms. The fourth-order valence-electron chi connectivity index (χ4n) is 0.878. The van der Waals surface area contributed by atoms with Gasteiger partial charge in [0.1, 0.15) is 0 Å². The van der Waals surface area contributed by atoms with Gasteiger partial charge in [0.15, 0.2) is 0 Å². The zero-order valence-electron chi connectivity index (χ0n) is 7.02. The Kier molecular flexibility index (Phi) is 3.22. The molecule has 5 heteroatoms. The first-order valence-electron chi connectivity index (χ1n) is 3.53. The second kappa shape index (κ2) is 4.20. The molecule has 4 nitrogen and oxygen atoms in total. The number of hydrogen-bond acceptors (Lipinski definition) is 4. The minimum Gasteiger partial charge on any atom is -0.422 e. The second-order valence-electron chi connectivity index (χ2n) is 2.35. The lowest BCUT2D eigenvalue weighted by molar-refractivity contribution is -0.193. The van der Waals surface area contributed by atoms with Crippen molar-refractivity contribution in [3.05, 3.63) is 24.0 Å². The first-order valence-corrected chi connectivity index (χ1v) is 3.53. The maximum Gasteiger partial charge on any atom is 0.524 e. The van der Waals surface area contributed by atoms with Crippen molar-refractivity contribution in [2.24, 2.45) is 0 Å². The Bertz CT molecular complexity index is 256. The van der Waals surface area contributed by atoms with Crippen molar-refractivity contribution in [1.29, 1.82) is 0 Å². The van der Waals surface area contributed by atoms with Gasteiger partial charge in [-0.2, -0.15) is 0 Å². The molecule has 1 rings (SSSR count). The highest BCUT2D eigenvalue weighted by atomic mass is 17.2. The zero-order chi connectivity index (χ0) is 8.97. The lowest BCUT2D eigenvalue weighted by Gasteiger charge is -2.06. The highest BCUT2D eigenvalue weighted by Gasteiger charge is 2.19. The largest absolute Gasteiger partial charge is 0.524 e. The Morgan fingerprint density at radius 1 is 1.58 bits per heavy atom. The number of aryl methyl sites for hydroxylation is 1. The van der Waals surface area contributed by atoms with Gasteiger partial charge in [0.05, 0.1) is 7.11 Å². The van der Waals surface area contributed by atoms with Crippen molar-refractivity contribution in [3.8, 4) is 0 Å². The molecule has 1 N–H and O–H groups in total. The second-order valence-corrected chi connectivity index (χ2v) is 2.35. The third-order valence-corrected chi connectivity index (χ3v) is 1.53. The van der Waals surface area contributed by atoms with E-state index in [-0.39, 0.29) is 0 Å². The molecule has 0 aliphatic heterocycles. The standard InChI is InChI=1S/C7H10BNO3/c1-6-3-4-9-5-7(6)8(10)12-11-2/h3-5,10H,1-2H3. The van der Waals surface area contributed by atoms with Gasteiger partial charge in [-0.05, 0) is 18.6 Å². The Morgan fingerprint density at radius 2 is 2.33 bits per heavy atom. The van der Waals surface area contributed by atoms with Crippen LogP contribution in [0.2, 0.25) is 0 Å². The summed E-state index contributed by atoms with van der Waals surface area (Å²) in [7, 11) is 0.276. The molecular weight excluding hydrogens is 157 g/mol. The van der Waals surface area contributed by atoms with Crippen LogP contribution in [0.15, 0.2) is 18.5 Å². The van der Waals surface area contributed by atoms with E-state index in [1.807, 2.05) is 6.92 Å². The van der Waals surface area contributed by atoms with E-state index in [1.165, 1.54) is 7.11 Å². The maximum atomic E-state index is 9.31. The van der Waals surface area contributed by atoms with Crippen molar-refractivity contribution in [3.63, 3.8) is 0 Å². The van der Waals surface area contributed by atoms with E-state index in [1.54, 1.807) is 18.5 Å². The van der Waals surface area contributed by atoms with E-state index in [9.17, 15) is 5.02 Å². The summed E-state index contributed by atoms with van der Waals surface area (Å²) >= 11 is 0. The quantitative estimate of drug-likeness (QED) is 0.380. The predicted molar refractivity (Wildman–Crippen MR) is 44.7 cm³/mol. The molecule has 64 valence electrons. The van der Waals surface area contributed by atoms with E-state index in [2.05, 4.69) is 14.7 Å². The van der Waals surface area contributed by atoms with Crippen LogP contribution in [0, 0.1) is 6.92 Å². The van der Waals surface area contributed by atoms with E-state index in [0.29, 0.717) is 5.46 Å². The Morgan fingerprint density at radius 3 is 2.92 bits per heavy atom. The van der Waals surface area contributed by atoms with Crippen molar-refractivity contribution < 1.29 is 14.7 Å². The average Bonchev–Trinajstić information content (AvgIpc) is 2.05. The minimum atomic E-state index is -1.07. The molecule has 12 heavy (non-hydrogen) atoms. The van der Waals surface area contributed by atoms with Crippen molar-refractivity contribution in [2.75, 3.05) is 7.11 Å². The Balaban J connectivity index is 2.79. The summed E-state index contributed by atoms with van der Waals surface area (Å²) < 4.78 is 0. The number of rotatable bonds is 3. The SMILES string of the molecule is COOB(O)c1cnccc1C. The molecule has 0 unspecified atom stereocenters. The minimum absolute atomic E-state index is 0.611. The molecule has 1 aromatic rings. The lowest BCUT2D eigenvalue weighted by atomic mass is 9.78. The number of aromatic nitrogens is 1. The summed E-state index contributed by atoms with van der Waals surface area (Å²) in [6.45, 7) is 1.86. The van der Waals surface area contributed by atoms with Crippen LogP contribution in [0.25, 0.3) is 0 Å². The molecule has 0 saturated heterocycles. The van der Waals surface area contributed by atoms with Crippen LogP contribution in [0.4, 0.5) is 0 Å². The summed E-state index contributed by atoms with van der Waals surface area (Å²) in [4.78, 5) is 12.7. The van der Waals surface area contributed by atoms with E-state index in [0.717, 1.165) is 5.56 Å². The highest BCUT2D eigenvalue weighted by Crippen LogP contribution is 1.93. The van der Waals surface area contributed by atoms with E-state index in [4.69, 9.17) is 0 Å². The van der Waals surface area contributed by atoms with E-state index >= 15 is 0 Å². The fourth-order valence-corrected chi connectivity index (χ4v) is 0.878. The number of nitrogens with zero attached hydrogens (tertiary/aromatic N) is 1.